The van der Waals surface area contributed by atoms with Gasteiger partial charge in [0.2, 0.25) is 0 Å². The van der Waals surface area contributed by atoms with Crippen LogP contribution >= 0.6 is 23.2 Å². The molecule has 4 rings (SSSR count). The monoisotopic (exact) mass is 481 g/mol. The number of pyridine rings is 1. The van der Waals surface area contributed by atoms with Crippen LogP contribution in [0.2, 0.25) is 10.0 Å². The molecule has 166 valence electrons. The van der Waals surface area contributed by atoms with Crippen LogP contribution in [-0.2, 0) is 9.53 Å². The van der Waals surface area contributed by atoms with E-state index in [-0.39, 0.29) is 16.7 Å². The molecule has 0 spiro atoms. The zero-order valence-corrected chi connectivity index (χ0v) is 18.8. The number of esters is 1. The second-order valence-electron chi connectivity index (χ2n) is 6.89. The smallest absolute Gasteiger partial charge is 0.378 e. The van der Waals surface area contributed by atoms with Crippen molar-refractivity contribution in [3.63, 3.8) is 0 Å². The molecule has 2 heterocycles. The van der Waals surface area contributed by atoms with Crippen LogP contribution < -0.4 is 5.32 Å². The minimum Gasteiger partial charge on any atom is -0.450 e. The van der Waals surface area contributed by atoms with E-state index in [9.17, 15) is 9.59 Å². The Morgan fingerprint density at radius 2 is 1.70 bits per heavy atom. The van der Waals surface area contributed by atoms with E-state index in [4.69, 9.17) is 27.9 Å². The molecule has 0 unspecified atom stereocenters. The Labute approximate surface area is 199 Å². The summed E-state index contributed by atoms with van der Waals surface area (Å²) < 4.78 is 6.66. The van der Waals surface area contributed by atoms with Crippen molar-refractivity contribution in [2.24, 2.45) is 0 Å². The summed E-state index contributed by atoms with van der Waals surface area (Å²) in [6.07, 6.45) is 1.37. The van der Waals surface area contributed by atoms with Gasteiger partial charge in [-0.1, -0.05) is 71.7 Å². The van der Waals surface area contributed by atoms with E-state index in [2.05, 4.69) is 20.4 Å². The highest BCUT2D eigenvalue weighted by atomic mass is 35.5. The van der Waals surface area contributed by atoms with Crippen LogP contribution in [0.5, 0.6) is 0 Å². The summed E-state index contributed by atoms with van der Waals surface area (Å²) in [5.41, 5.74) is 2.06. The summed E-state index contributed by atoms with van der Waals surface area (Å²) in [5.74, 6) is -1.05. The van der Waals surface area contributed by atoms with E-state index in [0.717, 1.165) is 11.3 Å². The number of amides is 1. The highest BCUT2D eigenvalue weighted by Crippen LogP contribution is 2.28. The van der Waals surface area contributed by atoms with Crippen LogP contribution in [0.3, 0.4) is 0 Å². The number of nitrogens with zero attached hydrogens (tertiary/aromatic N) is 4. The Balaban J connectivity index is 1.51. The van der Waals surface area contributed by atoms with Crippen LogP contribution in [0.4, 0.5) is 5.82 Å². The molecule has 33 heavy (non-hydrogen) atoms. The summed E-state index contributed by atoms with van der Waals surface area (Å²) >= 11 is 12.1. The van der Waals surface area contributed by atoms with Crippen molar-refractivity contribution in [3.05, 3.63) is 88.3 Å². The molecule has 0 bridgehead atoms. The van der Waals surface area contributed by atoms with Crippen molar-refractivity contribution in [1.29, 1.82) is 0 Å². The first-order valence-electron chi connectivity index (χ1n) is 9.79. The van der Waals surface area contributed by atoms with Crippen LogP contribution in [-0.4, -0.2) is 38.2 Å². The molecule has 0 radical (unpaired) electrons. The van der Waals surface area contributed by atoms with Crippen molar-refractivity contribution in [2.75, 3.05) is 11.9 Å². The first-order chi connectivity index (χ1) is 15.9. The lowest BCUT2D eigenvalue weighted by Crippen LogP contribution is -2.22. The van der Waals surface area contributed by atoms with Gasteiger partial charge in [0.25, 0.3) is 11.7 Å². The number of carbonyl (C=O) groups is 2. The van der Waals surface area contributed by atoms with Gasteiger partial charge >= 0.3 is 5.97 Å². The van der Waals surface area contributed by atoms with Gasteiger partial charge in [0.1, 0.15) is 0 Å². The molecule has 2 aromatic carbocycles. The fraction of sp³-hybridized carbons (Fsp3) is 0.0870. The van der Waals surface area contributed by atoms with E-state index in [1.807, 2.05) is 60.7 Å². The van der Waals surface area contributed by atoms with Gasteiger partial charge in [-0.2, -0.15) is 0 Å². The molecule has 0 saturated heterocycles. The fourth-order valence-electron chi connectivity index (χ4n) is 2.93. The second kappa shape index (κ2) is 9.81. The third kappa shape index (κ3) is 5.02. The lowest BCUT2D eigenvalue weighted by Gasteiger charge is -2.09. The number of para-hydroxylation sites is 1. The molecular weight excluding hydrogens is 465 g/mol. The van der Waals surface area contributed by atoms with Crippen molar-refractivity contribution in [2.45, 2.75) is 6.92 Å². The minimum atomic E-state index is -0.844. The maximum Gasteiger partial charge on any atom is 0.378 e. The first kappa shape index (κ1) is 22.4. The highest BCUT2D eigenvalue weighted by molar-refractivity contribution is 6.37. The van der Waals surface area contributed by atoms with E-state index >= 15 is 0 Å². The number of benzene rings is 2. The van der Waals surface area contributed by atoms with Gasteiger partial charge in [-0.25, -0.2) is 19.4 Å². The van der Waals surface area contributed by atoms with Gasteiger partial charge in [-0.3, -0.25) is 4.79 Å². The number of nitrogens with one attached hydrogen (secondary N) is 1. The fourth-order valence-corrected chi connectivity index (χ4v) is 3.32. The molecule has 1 amide bonds. The number of halogens is 2. The number of rotatable bonds is 6. The third-order valence-electron chi connectivity index (χ3n) is 4.62. The average molecular weight is 482 g/mol. The number of hydrogen-bond acceptors (Lipinski definition) is 6. The van der Waals surface area contributed by atoms with E-state index in [1.165, 1.54) is 6.20 Å². The summed E-state index contributed by atoms with van der Waals surface area (Å²) in [4.78, 5) is 33.2. The molecule has 0 saturated carbocycles. The molecule has 0 aliphatic rings. The molecule has 10 heteroatoms. The number of hydrogen-bond donors (Lipinski definition) is 1. The summed E-state index contributed by atoms with van der Waals surface area (Å²) in [5, 5.41) is 7.38. The summed E-state index contributed by atoms with van der Waals surface area (Å²) in [6, 6.07) is 18.6. The molecule has 0 fully saturated rings. The van der Waals surface area contributed by atoms with E-state index < -0.39 is 18.5 Å². The number of anilines is 1. The molecule has 0 aliphatic carbocycles. The van der Waals surface area contributed by atoms with Crippen molar-refractivity contribution in [3.8, 4) is 17.1 Å². The van der Waals surface area contributed by atoms with Gasteiger partial charge in [-0.05, 0) is 24.6 Å². The highest BCUT2D eigenvalue weighted by Gasteiger charge is 2.21. The van der Waals surface area contributed by atoms with Crippen molar-refractivity contribution >= 4 is 40.9 Å². The van der Waals surface area contributed by atoms with Crippen LogP contribution in [0, 0.1) is 6.92 Å². The topological polar surface area (TPSA) is 99.0 Å². The molecule has 4 aromatic rings. The quantitative estimate of drug-likeness (QED) is 0.399. The Morgan fingerprint density at radius 3 is 2.39 bits per heavy atom. The first-order valence-corrected chi connectivity index (χ1v) is 10.5. The largest absolute Gasteiger partial charge is 0.450 e. The predicted molar refractivity (Wildman–Crippen MR) is 125 cm³/mol. The van der Waals surface area contributed by atoms with E-state index in [0.29, 0.717) is 16.4 Å². The average Bonchev–Trinajstić information content (AvgIpc) is 3.30. The zero-order chi connectivity index (χ0) is 23.4. The maximum atomic E-state index is 12.6. The van der Waals surface area contributed by atoms with Crippen molar-refractivity contribution in [1.82, 2.24) is 19.7 Å². The van der Waals surface area contributed by atoms with Gasteiger partial charge in [0, 0.05) is 11.8 Å². The van der Waals surface area contributed by atoms with Crippen LogP contribution in [0.15, 0.2) is 66.9 Å². The van der Waals surface area contributed by atoms with Gasteiger partial charge in [0.15, 0.2) is 18.2 Å². The second-order valence-corrected chi connectivity index (χ2v) is 7.68. The van der Waals surface area contributed by atoms with Crippen LogP contribution in [0.25, 0.3) is 17.1 Å². The Kier molecular flexibility index (Phi) is 6.67. The molecular formula is C23H17Cl2N5O3. The van der Waals surface area contributed by atoms with Crippen molar-refractivity contribution < 1.29 is 14.3 Å². The number of carbonyl (C=O) groups excluding carboxylic acids is 2. The summed E-state index contributed by atoms with van der Waals surface area (Å²) in [7, 11) is 0. The minimum absolute atomic E-state index is 0.123. The van der Waals surface area contributed by atoms with Crippen LogP contribution in [0.1, 0.15) is 16.2 Å². The Hall–Kier alpha value is -3.75. The normalized spacial score (nSPS) is 10.6. The molecule has 8 nitrogen and oxygen atoms in total. The molecule has 2 aromatic heterocycles. The third-order valence-corrected chi connectivity index (χ3v) is 5.46. The Bertz CT molecular complexity index is 1250. The van der Waals surface area contributed by atoms with Gasteiger partial charge in [-0.15, -0.1) is 5.10 Å². The van der Waals surface area contributed by atoms with Gasteiger partial charge < -0.3 is 10.1 Å². The molecule has 0 atom stereocenters. The SMILES string of the molecule is Cc1c(Cl)cnc(NC(=O)COC(=O)c2nc(-c3ccccc3)n(-c3ccccc3)n2)c1Cl. The molecule has 0 aliphatic heterocycles. The van der Waals surface area contributed by atoms with E-state index in [1.54, 1.807) is 11.6 Å². The lowest BCUT2D eigenvalue weighted by atomic mass is 10.2. The standard InChI is InChI=1S/C23H17Cl2N5O3/c1-14-17(24)12-26-20(19(14)25)27-18(31)13-33-23(32)21-28-22(15-8-4-2-5-9-15)30(29-21)16-10-6-3-7-11-16/h2-12H,13H2,1H3,(H,26,27,31). The predicted octanol–water partition coefficient (Wildman–Crippen LogP) is 4.74. The number of ether oxygens (including phenoxy) is 1. The lowest BCUT2D eigenvalue weighted by molar-refractivity contribution is -0.119. The Morgan fingerprint density at radius 1 is 1.03 bits per heavy atom. The number of aromatic nitrogens is 4. The summed E-state index contributed by atoms with van der Waals surface area (Å²) in [6.45, 7) is 1.13. The zero-order valence-electron chi connectivity index (χ0n) is 17.3. The maximum absolute atomic E-state index is 12.6. The molecule has 1 N–H and O–H groups in total. The van der Waals surface area contributed by atoms with Gasteiger partial charge in [0.05, 0.1) is 15.7 Å².